The Morgan fingerprint density at radius 2 is 2.00 bits per heavy atom. The van der Waals surface area contributed by atoms with Gasteiger partial charge < -0.3 is 15.8 Å². The van der Waals surface area contributed by atoms with E-state index in [-0.39, 0.29) is 29.6 Å². The highest BCUT2D eigenvalue weighted by atomic mass is 19.2. The topological polar surface area (TPSA) is 77.2 Å². The summed E-state index contributed by atoms with van der Waals surface area (Å²) in [6.45, 7) is 5.46. The van der Waals surface area contributed by atoms with Crippen molar-refractivity contribution >= 4 is 23.2 Å². The second-order valence-corrected chi connectivity index (χ2v) is 5.60. The molecule has 1 heterocycles. The highest BCUT2D eigenvalue weighted by Gasteiger charge is 2.22. The van der Waals surface area contributed by atoms with Gasteiger partial charge in [-0.3, -0.25) is 0 Å². The summed E-state index contributed by atoms with van der Waals surface area (Å²) in [5, 5.41) is 2.47. The Kier molecular flexibility index (Phi) is 5.51. The predicted octanol–water partition coefficient (Wildman–Crippen LogP) is 4.12. The van der Waals surface area contributed by atoms with Crippen molar-refractivity contribution in [3.63, 3.8) is 0 Å². The van der Waals surface area contributed by atoms with E-state index in [9.17, 15) is 18.0 Å². The van der Waals surface area contributed by atoms with E-state index in [1.807, 2.05) is 0 Å². The molecule has 0 saturated carbocycles. The Hall–Kier alpha value is -2.77. The SMILES string of the molecule is CCOC(=O)c1cnc(Nc2cc(F)cc(F)c2F)c(N)c1C(C)C. The van der Waals surface area contributed by atoms with Crippen LogP contribution in [0.25, 0.3) is 0 Å². The standard InChI is InChI=1S/C17H18F3N3O2/c1-4-25-17(24)10-7-22-16(15(21)13(10)8(2)3)23-12-6-9(18)5-11(19)14(12)20/h5-8H,4,21H2,1-3H3,(H,22,23). The van der Waals surface area contributed by atoms with Gasteiger partial charge in [0.2, 0.25) is 0 Å². The molecule has 5 nitrogen and oxygen atoms in total. The zero-order chi connectivity index (χ0) is 18.7. The summed E-state index contributed by atoms with van der Waals surface area (Å²) in [6.07, 6.45) is 1.24. The second kappa shape index (κ2) is 7.42. The lowest BCUT2D eigenvalue weighted by molar-refractivity contribution is 0.0524. The normalized spacial score (nSPS) is 10.8. The Morgan fingerprint density at radius 1 is 1.32 bits per heavy atom. The van der Waals surface area contributed by atoms with Gasteiger partial charge in [-0.1, -0.05) is 13.8 Å². The number of ether oxygens (including phenoxy) is 1. The molecule has 0 aliphatic carbocycles. The Bertz CT molecular complexity index is 810. The van der Waals surface area contributed by atoms with Gasteiger partial charge in [0.1, 0.15) is 5.82 Å². The highest BCUT2D eigenvalue weighted by molar-refractivity contribution is 5.94. The lowest BCUT2D eigenvalue weighted by atomic mass is 9.97. The summed E-state index contributed by atoms with van der Waals surface area (Å²) in [5.41, 5.74) is 6.31. The molecule has 0 aliphatic heterocycles. The van der Waals surface area contributed by atoms with Crippen LogP contribution in [0.5, 0.6) is 0 Å². The summed E-state index contributed by atoms with van der Waals surface area (Å²) in [6, 6.07) is 1.22. The van der Waals surface area contributed by atoms with Crippen LogP contribution in [0.4, 0.5) is 30.4 Å². The summed E-state index contributed by atoms with van der Waals surface area (Å²) < 4.78 is 45.4. The molecule has 134 valence electrons. The minimum absolute atomic E-state index is 0.0133. The Balaban J connectivity index is 2.50. The molecule has 2 aromatic rings. The number of hydrogen-bond donors (Lipinski definition) is 2. The lowest BCUT2D eigenvalue weighted by Crippen LogP contribution is -2.14. The zero-order valence-electron chi connectivity index (χ0n) is 14.0. The van der Waals surface area contributed by atoms with Gasteiger partial charge in [0.15, 0.2) is 17.5 Å². The molecule has 1 aromatic heterocycles. The summed E-state index contributed by atoms with van der Waals surface area (Å²) in [5.74, 6) is -4.32. The van der Waals surface area contributed by atoms with Crippen molar-refractivity contribution in [3.8, 4) is 0 Å². The van der Waals surface area contributed by atoms with E-state index < -0.39 is 29.1 Å². The Labute approximate surface area is 143 Å². The molecular formula is C17H18F3N3O2. The number of esters is 1. The maximum absolute atomic E-state index is 13.8. The first kappa shape index (κ1) is 18.6. The number of benzene rings is 1. The number of carbonyl (C=O) groups excluding carboxylic acids is 1. The maximum atomic E-state index is 13.8. The van der Waals surface area contributed by atoms with Crippen molar-refractivity contribution in [1.82, 2.24) is 4.98 Å². The van der Waals surface area contributed by atoms with Crippen LogP contribution in [0.1, 0.15) is 42.6 Å². The third kappa shape index (κ3) is 3.84. The third-order valence-electron chi connectivity index (χ3n) is 3.48. The van der Waals surface area contributed by atoms with Gasteiger partial charge in [-0.15, -0.1) is 0 Å². The smallest absolute Gasteiger partial charge is 0.340 e. The first-order chi connectivity index (χ1) is 11.8. The molecule has 25 heavy (non-hydrogen) atoms. The highest BCUT2D eigenvalue weighted by Crippen LogP contribution is 2.33. The van der Waals surface area contributed by atoms with Gasteiger partial charge in [0, 0.05) is 18.3 Å². The quantitative estimate of drug-likeness (QED) is 0.624. The molecule has 0 spiro atoms. The van der Waals surface area contributed by atoms with Crippen LogP contribution in [0.15, 0.2) is 18.3 Å². The fourth-order valence-corrected chi connectivity index (χ4v) is 2.41. The number of nitrogens with zero attached hydrogens (tertiary/aromatic N) is 1. The number of rotatable bonds is 5. The molecule has 2 rings (SSSR count). The molecule has 3 N–H and O–H groups in total. The molecule has 0 fully saturated rings. The molecular weight excluding hydrogens is 335 g/mol. The fraction of sp³-hybridized carbons (Fsp3) is 0.294. The van der Waals surface area contributed by atoms with Crippen molar-refractivity contribution in [3.05, 3.63) is 46.9 Å². The molecule has 0 amide bonds. The van der Waals surface area contributed by atoms with Crippen molar-refractivity contribution in [2.75, 3.05) is 17.7 Å². The zero-order valence-corrected chi connectivity index (χ0v) is 14.0. The van der Waals surface area contributed by atoms with Gasteiger partial charge in [-0.05, 0) is 18.4 Å². The molecule has 8 heteroatoms. The number of aromatic nitrogens is 1. The lowest BCUT2D eigenvalue weighted by Gasteiger charge is -2.18. The number of carbonyl (C=O) groups is 1. The fourth-order valence-electron chi connectivity index (χ4n) is 2.41. The number of nitrogens with two attached hydrogens (primary N) is 1. The van der Waals surface area contributed by atoms with Crippen molar-refractivity contribution in [2.45, 2.75) is 26.7 Å². The molecule has 0 bridgehead atoms. The molecule has 0 aliphatic rings. The minimum Gasteiger partial charge on any atom is -0.462 e. The molecule has 0 saturated heterocycles. The van der Waals surface area contributed by atoms with Crippen molar-refractivity contribution in [2.24, 2.45) is 0 Å². The first-order valence-corrected chi connectivity index (χ1v) is 7.63. The van der Waals surface area contributed by atoms with E-state index >= 15 is 0 Å². The van der Waals surface area contributed by atoms with Gasteiger partial charge in [0.05, 0.1) is 23.5 Å². The van der Waals surface area contributed by atoms with E-state index in [1.54, 1.807) is 20.8 Å². The van der Waals surface area contributed by atoms with Crippen LogP contribution in [0.3, 0.4) is 0 Å². The average Bonchev–Trinajstić information content (AvgIpc) is 2.53. The molecule has 1 aromatic carbocycles. The minimum atomic E-state index is -1.34. The maximum Gasteiger partial charge on any atom is 0.340 e. The number of pyridine rings is 1. The largest absolute Gasteiger partial charge is 0.462 e. The van der Waals surface area contributed by atoms with Crippen LogP contribution in [-0.4, -0.2) is 17.6 Å². The third-order valence-corrected chi connectivity index (χ3v) is 3.48. The number of nitrogens with one attached hydrogen (secondary N) is 1. The number of hydrogen-bond acceptors (Lipinski definition) is 5. The van der Waals surface area contributed by atoms with Gasteiger partial charge in [-0.25, -0.2) is 22.9 Å². The number of halogens is 3. The number of nitrogen functional groups attached to an aromatic ring is 1. The summed E-state index contributed by atoms with van der Waals surface area (Å²) >= 11 is 0. The van der Waals surface area contributed by atoms with E-state index in [0.717, 1.165) is 6.07 Å². The van der Waals surface area contributed by atoms with Crippen LogP contribution in [0, 0.1) is 17.5 Å². The Morgan fingerprint density at radius 3 is 2.60 bits per heavy atom. The van der Waals surface area contributed by atoms with Crippen LogP contribution in [-0.2, 0) is 4.74 Å². The summed E-state index contributed by atoms with van der Waals surface area (Å²) in [4.78, 5) is 16.0. The van der Waals surface area contributed by atoms with Crippen molar-refractivity contribution in [1.29, 1.82) is 0 Å². The van der Waals surface area contributed by atoms with Crippen molar-refractivity contribution < 1.29 is 22.7 Å². The summed E-state index contributed by atoms with van der Waals surface area (Å²) in [7, 11) is 0. The monoisotopic (exact) mass is 353 g/mol. The van der Waals surface area contributed by atoms with Crippen LogP contribution in [0.2, 0.25) is 0 Å². The van der Waals surface area contributed by atoms with Gasteiger partial charge in [0.25, 0.3) is 0 Å². The van der Waals surface area contributed by atoms with E-state index in [4.69, 9.17) is 10.5 Å². The van der Waals surface area contributed by atoms with Crippen LogP contribution < -0.4 is 11.1 Å². The second-order valence-electron chi connectivity index (χ2n) is 5.60. The van der Waals surface area contributed by atoms with Gasteiger partial charge >= 0.3 is 5.97 Å². The van der Waals surface area contributed by atoms with Gasteiger partial charge in [-0.2, -0.15) is 0 Å². The number of anilines is 3. The molecule has 0 unspecified atom stereocenters. The predicted molar refractivity (Wildman–Crippen MR) is 88.3 cm³/mol. The van der Waals surface area contributed by atoms with E-state index in [1.165, 1.54) is 6.20 Å². The van der Waals surface area contributed by atoms with E-state index in [0.29, 0.717) is 11.6 Å². The molecule has 0 atom stereocenters. The van der Waals surface area contributed by atoms with Crippen LogP contribution >= 0.6 is 0 Å². The van der Waals surface area contributed by atoms with E-state index in [2.05, 4.69) is 10.3 Å². The first-order valence-electron chi connectivity index (χ1n) is 7.63. The molecule has 0 radical (unpaired) electrons. The average molecular weight is 353 g/mol.